The van der Waals surface area contributed by atoms with Gasteiger partial charge in [0.15, 0.2) is 23.9 Å². The Kier molecular flexibility index (Phi) is 5.36. The van der Waals surface area contributed by atoms with Gasteiger partial charge in [-0.3, -0.25) is 4.79 Å². The lowest BCUT2D eigenvalue weighted by Gasteiger charge is -2.18. The van der Waals surface area contributed by atoms with Gasteiger partial charge in [0.1, 0.15) is 13.2 Å². The van der Waals surface area contributed by atoms with Crippen LogP contribution in [0.15, 0.2) is 41.3 Å². The van der Waals surface area contributed by atoms with Crippen molar-refractivity contribution in [1.82, 2.24) is 0 Å². The van der Waals surface area contributed by atoms with E-state index in [9.17, 15) is 18.0 Å². The van der Waals surface area contributed by atoms with Crippen LogP contribution >= 0.6 is 11.6 Å². The predicted octanol–water partition coefficient (Wildman–Crippen LogP) is 1.80. The SMILES string of the molecule is NS(=O)(=O)c1ccc(Cl)c(C(=O)OCC(=O)c2ccc3c(c2)OCCO3)c1. The molecule has 2 aromatic carbocycles. The van der Waals surface area contributed by atoms with E-state index in [-0.39, 0.29) is 21.0 Å². The molecule has 0 amide bonds. The number of esters is 1. The van der Waals surface area contributed by atoms with E-state index in [2.05, 4.69) is 0 Å². The highest BCUT2D eigenvalue weighted by molar-refractivity contribution is 7.89. The van der Waals surface area contributed by atoms with Crippen LogP contribution < -0.4 is 14.6 Å². The Bertz CT molecular complexity index is 1020. The summed E-state index contributed by atoms with van der Waals surface area (Å²) in [5.41, 5.74) is 0.0644. The molecule has 142 valence electrons. The van der Waals surface area contributed by atoms with Crippen LogP contribution in [0.1, 0.15) is 20.7 Å². The first-order chi connectivity index (χ1) is 12.8. The van der Waals surface area contributed by atoms with Crippen molar-refractivity contribution in [3.05, 3.63) is 52.5 Å². The van der Waals surface area contributed by atoms with Crippen LogP contribution in [-0.2, 0) is 14.8 Å². The van der Waals surface area contributed by atoms with E-state index in [0.717, 1.165) is 12.1 Å². The zero-order chi connectivity index (χ0) is 19.6. The summed E-state index contributed by atoms with van der Waals surface area (Å²) in [5.74, 6) is -0.459. The van der Waals surface area contributed by atoms with Crippen molar-refractivity contribution in [2.24, 2.45) is 5.14 Å². The molecule has 0 spiro atoms. The average Bonchev–Trinajstić information content (AvgIpc) is 2.64. The smallest absolute Gasteiger partial charge is 0.340 e. The molecule has 0 bridgehead atoms. The molecule has 0 fully saturated rings. The molecule has 2 aromatic rings. The van der Waals surface area contributed by atoms with Gasteiger partial charge in [0, 0.05) is 5.56 Å². The first-order valence-corrected chi connectivity index (χ1v) is 9.60. The summed E-state index contributed by atoms with van der Waals surface area (Å²) in [7, 11) is -4.02. The molecule has 0 saturated carbocycles. The summed E-state index contributed by atoms with van der Waals surface area (Å²) in [6.07, 6.45) is 0. The number of carbonyl (C=O) groups is 2. The number of ketones is 1. The number of nitrogens with two attached hydrogens (primary N) is 1. The maximum absolute atomic E-state index is 12.3. The van der Waals surface area contributed by atoms with E-state index in [0.29, 0.717) is 24.7 Å². The second kappa shape index (κ2) is 7.55. The van der Waals surface area contributed by atoms with Gasteiger partial charge in [0.25, 0.3) is 0 Å². The predicted molar refractivity (Wildman–Crippen MR) is 94.9 cm³/mol. The highest BCUT2D eigenvalue weighted by Gasteiger charge is 2.20. The van der Waals surface area contributed by atoms with E-state index in [4.69, 9.17) is 31.0 Å². The van der Waals surface area contributed by atoms with Gasteiger partial charge >= 0.3 is 5.97 Å². The molecular weight excluding hydrogens is 398 g/mol. The van der Waals surface area contributed by atoms with Crippen LogP contribution in [0.5, 0.6) is 11.5 Å². The summed E-state index contributed by atoms with van der Waals surface area (Å²) >= 11 is 5.90. The van der Waals surface area contributed by atoms with E-state index in [1.165, 1.54) is 18.2 Å². The van der Waals surface area contributed by atoms with Crippen molar-refractivity contribution in [3.8, 4) is 11.5 Å². The lowest BCUT2D eigenvalue weighted by atomic mass is 10.1. The second-order valence-corrected chi connectivity index (χ2v) is 7.51. The third-order valence-electron chi connectivity index (χ3n) is 3.68. The van der Waals surface area contributed by atoms with Gasteiger partial charge in [-0.1, -0.05) is 11.6 Å². The molecular formula is C17H14ClNO7S. The first kappa shape index (κ1) is 19.2. The number of sulfonamides is 1. The van der Waals surface area contributed by atoms with Crippen molar-refractivity contribution in [3.63, 3.8) is 0 Å². The maximum atomic E-state index is 12.3. The van der Waals surface area contributed by atoms with Crippen LogP contribution in [-0.4, -0.2) is 40.0 Å². The van der Waals surface area contributed by atoms with Gasteiger partial charge < -0.3 is 14.2 Å². The van der Waals surface area contributed by atoms with E-state index >= 15 is 0 Å². The number of ether oxygens (including phenoxy) is 3. The van der Waals surface area contributed by atoms with Gasteiger partial charge in [-0.25, -0.2) is 18.4 Å². The molecule has 0 aliphatic carbocycles. The number of benzene rings is 2. The highest BCUT2D eigenvalue weighted by Crippen LogP contribution is 2.31. The Morgan fingerprint density at radius 1 is 1.07 bits per heavy atom. The molecule has 27 heavy (non-hydrogen) atoms. The molecule has 8 nitrogen and oxygen atoms in total. The van der Waals surface area contributed by atoms with Crippen molar-refractivity contribution in [2.45, 2.75) is 4.90 Å². The fourth-order valence-corrected chi connectivity index (χ4v) is 3.08. The Morgan fingerprint density at radius 3 is 2.48 bits per heavy atom. The molecule has 10 heteroatoms. The maximum Gasteiger partial charge on any atom is 0.340 e. The molecule has 3 rings (SSSR count). The minimum Gasteiger partial charge on any atom is -0.486 e. The van der Waals surface area contributed by atoms with Crippen molar-refractivity contribution < 1.29 is 32.2 Å². The largest absolute Gasteiger partial charge is 0.486 e. The fraction of sp³-hybridized carbons (Fsp3) is 0.176. The van der Waals surface area contributed by atoms with Crippen LogP contribution in [0.4, 0.5) is 0 Å². The van der Waals surface area contributed by atoms with Crippen LogP contribution in [0.25, 0.3) is 0 Å². The van der Waals surface area contributed by atoms with Crippen molar-refractivity contribution in [2.75, 3.05) is 19.8 Å². The van der Waals surface area contributed by atoms with Gasteiger partial charge in [0.05, 0.1) is 15.5 Å². The highest BCUT2D eigenvalue weighted by atomic mass is 35.5. The van der Waals surface area contributed by atoms with Crippen LogP contribution in [0.2, 0.25) is 5.02 Å². The molecule has 0 radical (unpaired) electrons. The Hall–Kier alpha value is -2.62. The average molecular weight is 412 g/mol. The summed E-state index contributed by atoms with van der Waals surface area (Å²) in [6, 6.07) is 7.98. The summed E-state index contributed by atoms with van der Waals surface area (Å²) < 4.78 is 38.5. The van der Waals surface area contributed by atoms with E-state index in [1.54, 1.807) is 6.07 Å². The number of primary sulfonamides is 1. The first-order valence-electron chi connectivity index (χ1n) is 7.68. The molecule has 2 N–H and O–H groups in total. The number of fused-ring (bicyclic) bond motifs is 1. The number of rotatable bonds is 5. The normalized spacial score (nSPS) is 13.1. The van der Waals surface area contributed by atoms with E-state index < -0.39 is 28.4 Å². The zero-order valence-electron chi connectivity index (χ0n) is 13.8. The van der Waals surface area contributed by atoms with Gasteiger partial charge in [-0.05, 0) is 36.4 Å². The van der Waals surface area contributed by atoms with Gasteiger partial charge in [-0.15, -0.1) is 0 Å². The fourth-order valence-electron chi connectivity index (χ4n) is 2.35. The van der Waals surface area contributed by atoms with Crippen LogP contribution in [0.3, 0.4) is 0 Å². The quantitative estimate of drug-likeness (QED) is 0.587. The van der Waals surface area contributed by atoms with E-state index in [1.807, 2.05) is 0 Å². The van der Waals surface area contributed by atoms with Crippen molar-refractivity contribution in [1.29, 1.82) is 0 Å². The standard InChI is InChI=1S/C17H14ClNO7S/c18-13-3-2-11(27(19,22)23)8-12(13)17(21)26-9-14(20)10-1-4-15-16(7-10)25-6-5-24-15/h1-4,7-8H,5-6,9H2,(H2,19,22,23). The second-order valence-electron chi connectivity index (χ2n) is 5.54. The Labute approximate surface area is 159 Å². The molecule has 0 atom stereocenters. The number of Topliss-reactive ketones (excluding diaryl/α,β-unsaturated/α-hetero) is 1. The minimum atomic E-state index is -4.02. The monoisotopic (exact) mass is 411 g/mol. The molecule has 0 saturated heterocycles. The Balaban J connectivity index is 1.71. The summed E-state index contributed by atoms with van der Waals surface area (Å²) in [6.45, 7) is 0.239. The number of halogens is 1. The Morgan fingerprint density at radius 2 is 1.78 bits per heavy atom. The molecule has 1 aliphatic heterocycles. The molecule has 0 aromatic heterocycles. The van der Waals surface area contributed by atoms with Gasteiger partial charge in [-0.2, -0.15) is 0 Å². The molecule has 0 unspecified atom stereocenters. The minimum absolute atomic E-state index is 0.0285. The molecule has 1 aliphatic rings. The topological polar surface area (TPSA) is 122 Å². The van der Waals surface area contributed by atoms with Crippen LogP contribution in [0, 0.1) is 0 Å². The van der Waals surface area contributed by atoms with Crippen molar-refractivity contribution >= 4 is 33.4 Å². The number of hydrogen-bond donors (Lipinski definition) is 1. The third kappa shape index (κ3) is 4.38. The summed E-state index contributed by atoms with van der Waals surface area (Å²) in [4.78, 5) is 24.1. The molecule has 1 heterocycles. The lowest BCUT2D eigenvalue weighted by molar-refractivity contribution is 0.0474. The zero-order valence-corrected chi connectivity index (χ0v) is 15.4. The van der Waals surface area contributed by atoms with Gasteiger partial charge in [0.2, 0.25) is 10.0 Å². The lowest BCUT2D eigenvalue weighted by Crippen LogP contribution is -2.18. The third-order valence-corrected chi connectivity index (χ3v) is 4.93. The summed E-state index contributed by atoms with van der Waals surface area (Å²) in [5, 5.41) is 5.00. The number of hydrogen-bond acceptors (Lipinski definition) is 7. The number of carbonyl (C=O) groups excluding carboxylic acids is 2.